The van der Waals surface area contributed by atoms with Gasteiger partial charge in [0.2, 0.25) is 0 Å². The first-order chi connectivity index (χ1) is 17.1. The van der Waals surface area contributed by atoms with E-state index in [1.807, 2.05) is 42.5 Å². The standard InChI is InChI=1S/C27H30ClN3O3S/c1-33-24-16-21(10-11-23(24)34-15-3-5-18-4-2-13-29-17-18)31-14-12-22-25(27(31)32)35-26(30-22)19-6-8-20(28)9-7-19/h6-11,16,18,29H,2-5,12-15,17H2,1H3. The van der Waals surface area contributed by atoms with Gasteiger partial charge in [-0.25, -0.2) is 4.98 Å². The number of methoxy groups -OCH3 is 1. The summed E-state index contributed by atoms with van der Waals surface area (Å²) in [6, 6.07) is 13.3. The van der Waals surface area contributed by atoms with Crippen molar-refractivity contribution in [2.24, 2.45) is 5.92 Å². The third-order valence-corrected chi connectivity index (χ3v) is 8.06. The van der Waals surface area contributed by atoms with E-state index in [1.165, 1.54) is 30.6 Å². The third-order valence-electron chi connectivity index (χ3n) is 6.67. The molecule has 8 heteroatoms. The molecule has 1 amide bonds. The van der Waals surface area contributed by atoms with Gasteiger partial charge in [-0.1, -0.05) is 23.7 Å². The number of thiazole rings is 1. The lowest BCUT2D eigenvalue weighted by Crippen LogP contribution is -2.36. The number of nitrogens with zero attached hydrogens (tertiary/aromatic N) is 2. The van der Waals surface area contributed by atoms with Crippen LogP contribution in [0, 0.1) is 5.92 Å². The van der Waals surface area contributed by atoms with Crippen molar-refractivity contribution in [2.75, 3.05) is 38.3 Å². The van der Waals surface area contributed by atoms with Crippen molar-refractivity contribution in [3.63, 3.8) is 0 Å². The summed E-state index contributed by atoms with van der Waals surface area (Å²) in [4.78, 5) is 20.6. The molecular weight excluding hydrogens is 482 g/mol. The van der Waals surface area contributed by atoms with E-state index in [-0.39, 0.29) is 5.91 Å². The minimum Gasteiger partial charge on any atom is -0.493 e. The molecule has 3 aromatic rings. The van der Waals surface area contributed by atoms with Gasteiger partial charge in [0.1, 0.15) is 9.88 Å². The molecule has 0 aliphatic carbocycles. The maximum absolute atomic E-state index is 13.4. The number of carbonyl (C=O) groups is 1. The van der Waals surface area contributed by atoms with E-state index in [2.05, 4.69) is 5.32 Å². The molecule has 2 aromatic carbocycles. The predicted octanol–water partition coefficient (Wildman–Crippen LogP) is 5.83. The summed E-state index contributed by atoms with van der Waals surface area (Å²) >= 11 is 7.45. The summed E-state index contributed by atoms with van der Waals surface area (Å²) in [5.41, 5.74) is 2.64. The Morgan fingerprint density at radius 2 is 2.06 bits per heavy atom. The Bertz CT molecular complexity index is 1170. The zero-order chi connectivity index (χ0) is 24.2. The van der Waals surface area contributed by atoms with Crippen LogP contribution in [0.2, 0.25) is 5.02 Å². The van der Waals surface area contributed by atoms with Crippen LogP contribution in [0.3, 0.4) is 0 Å². The topological polar surface area (TPSA) is 63.7 Å². The molecule has 6 nitrogen and oxygen atoms in total. The molecule has 1 atom stereocenters. The number of hydrogen-bond donors (Lipinski definition) is 1. The van der Waals surface area contributed by atoms with Gasteiger partial charge in [-0.3, -0.25) is 4.79 Å². The number of nitrogens with one attached hydrogen (secondary N) is 1. The Morgan fingerprint density at radius 3 is 2.83 bits per heavy atom. The van der Waals surface area contributed by atoms with Crippen molar-refractivity contribution in [3.05, 3.63) is 58.1 Å². The number of halogens is 1. The molecule has 1 aromatic heterocycles. The Kier molecular flexibility index (Phi) is 7.56. The minimum atomic E-state index is -0.0271. The number of amides is 1. The van der Waals surface area contributed by atoms with E-state index in [4.69, 9.17) is 26.1 Å². The van der Waals surface area contributed by atoms with Gasteiger partial charge < -0.3 is 19.7 Å². The van der Waals surface area contributed by atoms with Crippen LogP contribution in [-0.4, -0.2) is 44.2 Å². The SMILES string of the molecule is COc1cc(N2CCc3nc(-c4ccc(Cl)cc4)sc3C2=O)ccc1OCCCC1CCCNC1. The van der Waals surface area contributed by atoms with Crippen molar-refractivity contribution in [3.8, 4) is 22.1 Å². The first-order valence-corrected chi connectivity index (χ1v) is 13.4. The van der Waals surface area contributed by atoms with Crippen LogP contribution < -0.4 is 19.7 Å². The summed E-state index contributed by atoms with van der Waals surface area (Å²) in [6.07, 6.45) is 5.47. The van der Waals surface area contributed by atoms with E-state index in [0.29, 0.717) is 41.0 Å². The van der Waals surface area contributed by atoms with Gasteiger partial charge in [-0.2, -0.15) is 0 Å². The van der Waals surface area contributed by atoms with Crippen LogP contribution >= 0.6 is 22.9 Å². The fourth-order valence-corrected chi connectivity index (χ4v) is 5.95. The molecule has 0 spiro atoms. The van der Waals surface area contributed by atoms with E-state index in [0.717, 1.165) is 47.4 Å². The first kappa shape index (κ1) is 24.1. The highest BCUT2D eigenvalue weighted by atomic mass is 35.5. The van der Waals surface area contributed by atoms with Gasteiger partial charge in [0.05, 0.1) is 19.4 Å². The van der Waals surface area contributed by atoms with Gasteiger partial charge in [0, 0.05) is 35.3 Å². The van der Waals surface area contributed by atoms with Crippen LogP contribution in [0.15, 0.2) is 42.5 Å². The van der Waals surface area contributed by atoms with Crippen molar-refractivity contribution in [1.29, 1.82) is 0 Å². The van der Waals surface area contributed by atoms with Gasteiger partial charge in [0.15, 0.2) is 11.5 Å². The predicted molar refractivity (Wildman–Crippen MR) is 141 cm³/mol. The normalized spacial score (nSPS) is 17.8. The molecule has 3 heterocycles. The number of fused-ring (bicyclic) bond motifs is 1. The zero-order valence-electron chi connectivity index (χ0n) is 19.9. The monoisotopic (exact) mass is 511 g/mol. The van der Waals surface area contributed by atoms with Gasteiger partial charge in [0.25, 0.3) is 5.91 Å². The Labute approximate surface area is 215 Å². The second-order valence-electron chi connectivity index (χ2n) is 9.05. The van der Waals surface area contributed by atoms with E-state index in [9.17, 15) is 4.79 Å². The highest BCUT2D eigenvalue weighted by molar-refractivity contribution is 7.17. The molecule has 35 heavy (non-hydrogen) atoms. The van der Waals surface area contributed by atoms with Crippen molar-refractivity contribution in [2.45, 2.75) is 32.1 Å². The number of hydrogen-bond acceptors (Lipinski definition) is 6. The molecule has 2 aliphatic rings. The molecule has 0 bridgehead atoms. The molecular formula is C27H30ClN3O3S. The lowest BCUT2D eigenvalue weighted by atomic mass is 9.95. The second kappa shape index (κ2) is 11.0. The molecule has 5 rings (SSSR count). The second-order valence-corrected chi connectivity index (χ2v) is 10.5. The fraction of sp³-hybridized carbons (Fsp3) is 0.407. The quantitative estimate of drug-likeness (QED) is 0.385. The largest absolute Gasteiger partial charge is 0.493 e. The maximum Gasteiger partial charge on any atom is 0.270 e. The molecule has 184 valence electrons. The summed E-state index contributed by atoms with van der Waals surface area (Å²) < 4.78 is 11.6. The smallest absolute Gasteiger partial charge is 0.270 e. The number of piperidine rings is 1. The number of benzene rings is 2. The lowest BCUT2D eigenvalue weighted by molar-refractivity contribution is 0.0984. The first-order valence-electron chi connectivity index (χ1n) is 12.2. The lowest BCUT2D eigenvalue weighted by Gasteiger charge is -2.26. The summed E-state index contributed by atoms with van der Waals surface area (Å²) in [7, 11) is 1.64. The van der Waals surface area contributed by atoms with Gasteiger partial charge in [-0.05, 0) is 69.0 Å². The van der Waals surface area contributed by atoms with Crippen molar-refractivity contribution in [1.82, 2.24) is 10.3 Å². The van der Waals surface area contributed by atoms with Crippen molar-refractivity contribution < 1.29 is 14.3 Å². The van der Waals surface area contributed by atoms with Crippen LogP contribution in [0.1, 0.15) is 41.0 Å². The summed E-state index contributed by atoms with van der Waals surface area (Å²) in [5.74, 6) is 2.08. The summed E-state index contributed by atoms with van der Waals surface area (Å²) in [5, 5.41) is 4.99. The van der Waals surface area contributed by atoms with Crippen LogP contribution in [0.25, 0.3) is 10.6 Å². The number of anilines is 1. The van der Waals surface area contributed by atoms with Crippen LogP contribution in [0.4, 0.5) is 5.69 Å². The number of aromatic nitrogens is 1. The molecule has 1 saturated heterocycles. The highest BCUT2D eigenvalue weighted by Gasteiger charge is 2.30. The maximum atomic E-state index is 13.4. The van der Waals surface area contributed by atoms with Crippen molar-refractivity contribution >= 4 is 34.5 Å². The zero-order valence-corrected chi connectivity index (χ0v) is 21.5. The van der Waals surface area contributed by atoms with E-state index < -0.39 is 0 Å². The van der Waals surface area contributed by atoms with Crippen LogP contribution in [-0.2, 0) is 6.42 Å². The Balaban J connectivity index is 1.25. The average Bonchev–Trinajstić information content (AvgIpc) is 3.33. The van der Waals surface area contributed by atoms with Gasteiger partial charge in [-0.15, -0.1) is 11.3 Å². The third kappa shape index (κ3) is 5.47. The number of carbonyl (C=O) groups excluding carboxylic acids is 1. The Hall–Kier alpha value is -2.61. The highest BCUT2D eigenvalue weighted by Crippen LogP contribution is 2.37. The molecule has 1 unspecified atom stereocenters. The fourth-order valence-electron chi connectivity index (χ4n) is 4.76. The molecule has 0 saturated carbocycles. The summed E-state index contributed by atoms with van der Waals surface area (Å²) in [6.45, 7) is 3.50. The van der Waals surface area contributed by atoms with E-state index >= 15 is 0 Å². The number of rotatable bonds is 8. The molecule has 0 radical (unpaired) electrons. The van der Waals surface area contributed by atoms with E-state index in [1.54, 1.807) is 12.0 Å². The van der Waals surface area contributed by atoms with Crippen LogP contribution in [0.5, 0.6) is 11.5 Å². The Morgan fingerprint density at radius 1 is 1.20 bits per heavy atom. The molecule has 2 aliphatic heterocycles. The van der Waals surface area contributed by atoms with Gasteiger partial charge >= 0.3 is 0 Å². The minimum absolute atomic E-state index is 0.0271. The number of ether oxygens (including phenoxy) is 2. The average molecular weight is 512 g/mol. The molecule has 1 fully saturated rings. The molecule has 1 N–H and O–H groups in total.